The fraction of sp³-hybridized carbons (Fsp3) is 0.222. The highest BCUT2D eigenvalue weighted by Crippen LogP contribution is 2.16. The Morgan fingerprint density at radius 2 is 2.00 bits per heavy atom. The van der Waals surface area contributed by atoms with Crippen molar-refractivity contribution >= 4 is 21.9 Å². The molecule has 0 spiro atoms. The molecule has 94 valence electrons. The predicted octanol–water partition coefficient (Wildman–Crippen LogP) is 0.742. The van der Waals surface area contributed by atoms with Gasteiger partial charge in [0.1, 0.15) is 5.82 Å². The van der Waals surface area contributed by atoms with Crippen molar-refractivity contribution in [3.63, 3.8) is 0 Å². The van der Waals surface area contributed by atoms with Crippen LogP contribution in [0.25, 0.3) is 0 Å². The highest BCUT2D eigenvalue weighted by molar-refractivity contribution is 7.90. The highest BCUT2D eigenvalue weighted by atomic mass is 32.2. The van der Waals surface area contributed by atoms with Gasteiger partial charge in [0.2, 0.25) is 0 Å². The molecule has 1 aromatic rings. The normalized spacial score (nSPS) is 11.5. The summed E-state index contributed by atoms with van der Waals surface area (Å²) in [7, 11) is -1.11. The molecule has 0 amide bonds. The molecule has 0 radical (unpaired) electrons. The minimum atomic E-state index is -3.73. The average molecular weight is 262 g/mol. The second kappa shape index (κ2) is 4.68. The molecule has 1 aromatic carbocycles. The summed E-state index contributed by atoms with van der Waals surface area (Å²) in [6.45, 7) is 0. The van der Waals surface area contributed by atoms with E-state index in [4.69, 9.17) is 5.11 Å². The van der Waals surface area contributed by atoms with Gasteiger partial charge in [-0.05, 0) is 18.2 Å². The molecule has 0 heterocycles. The van der Waals surface area contributed by atoms with Gasteiger partial charge in [0.05, 0.1) is 11.3 Å². The van der Waals surface area contributed by atoms with Gasteiger partial charge in [0, 0.05) is 14.1 Å². The first-order chi connectivity index (χ1) is 7.74. The SMILES string of the molecule is CN(C)S(=O)(=O)Nc1ccc(C(=O)O)c(F)c1. The monoisotopic (exact) mass is 262 g/mol. The van der Waals surface area contributed by atoms with Gasteiger partial charge in [-0.15, -0.1) is 0 Å². The zero-order chi connectivity index (χ0) is 13.2. The van der Waals surface area contributed by atoms with Gasteiger partial charge in [0.25, 0.3) is 0 Å². The lowest BCUT2D eigenvalue weighted by molar-refractivity contribution is 0.0692. The summed E-state index contributed by atoms with van der Waals surface area (Å²) in [5.41, 5.74) is -0.556. The number of carbonyl (C=O) groups is 1. The van der Waals surface area contributed by atoms with Crippen molar-refractivity contribution in [3.05, 3.63) is 29.6 Å². The van der Waals surface area contributed by atoms with E-state index >= 15 is 0 Å². The summed E-state index contributed by atoms with van der Waals surface area (Å²) in [5.74, 6) is -2.42. The molecule has 1 rings (SSSR count). The lowest BCUT2D eigenvalue weighted by Gasteiger charge is -2.13. The van der Waals surface area contributed by atoms with E-state index < -0.39 is 27.6 Å². The molecule has 0 aliphatic rings. The third kappa shape index (κ3) is 3.14. The van der Waals surface area contributed by atoms with Gasteiger partial charge in [0.15, 0.2) is 0 Å². The number of carboxylic acid groups (broad SMARTS) is 1. The van der Waals surface area contributed by atoms with E-state index in [1.54, 1.807) is 0 Å². The Hall–Kier alpha value is -1.67. The van der Waals surface area contributed by atoms with Crippen LogP contribution in [0.1, 0.15) is 10.4 Å². The first kappa shape index (κ1) is 13.4. The van der Waals surface area contributed by atoms with Gasteiger partial charge in [-0.25, -0.2) is 9.18 Å². The summed E-state index contributed by atoms with van der Waals surface area (Å²) in [5, 5.41) is 8.59. The van der Waals surface area contributed by atoms with Crippen molar-refractivity contribution in [1.29, 1.82) is 0 Å². The zero-order valence-electron chi connectivity index (χ0n) is 9.14. The number of halogens is 1. The molecule has 8 heteroatoms. The maximum absolute atomic E-state index is 13.2. The molecule has 0 fully saturated rings. The molecular weight excluding hydrogens is 251 g/mol. The zero-order valence-corrected chi connectivity index (χ0v) is 9.95. The molecule has 0 aliphatic heterocycles. The van der Waals surface area contributed by atoms with Crippen LogP contribution < -0.4 is 4.72 Å². The third-order valence-electron chi connectivity index (χ3n) is 1.93. The number of carboxylic acids is 1. The summed E-state index contributed by atoms with van der Waals surface area (Å²) in [4.78, 5) is 10.5. The van der Waals surface area contributed by atoms with Crippen molar-refractivity contribution in [2.45, 2.75) is 0 Å². The second-order valence-corrected chi connectivity index (χ2v) is 5.27. The molecule has 0 atom stereocenters. The van der Waals surface area contributed by atoms with Crippen LogP contribution in [0.15, 0.2) is 18.2 Å². The lowest BCUT2D eigenvalue weighted by Crippen LogP contribution is -2.29. The number of nitrogens with one attached hydrogen (secondary N) is 1. The quantitative estimate of drug-likeness (QED) is 0.838. The number of aromatic carboxylic acids is 1. The third-order valence-corrected chi connectivity index (χ3v) is 3.38. The van der Waals surface area contributed by atoms with E-state index in [1.807, 2.05) is 0 Å². The number of rotatable bonds is 4. The molecule has 6 nitrogen and oxygen atoms in total. The molecule has 2 N–H and O–H groups in total. The van der Waals surface area contributed by atoms with E-state index in [2.05, 4.69) is 4.72 Å². The van der Waals surface area contributed by atoms with E-state index in [-0.39, 0.29) is 5.69 Å². The molecule has 0 aromatic heterocycles. The van der Waals surface area contributed by atoms with E-state index in [0.29, 0.717) is 0 Å². The molecular formula is C9H11FN2O4S. The minimum Gasteiger partial charge on any atom is -0.478 e. The standard InChI is InChI=1S/C9H11FN2O4S/c1-12(2)17(15,16)11-6-3-4-7(9(13)14)8(10)5-6/h3-5,11H,1-2H3,(H,13,14). The Morgan fingerprint density at radius 3 is 2.41 bits per heavy atom. The number of hydrogen-bond donors (Lipinski definition) is 2. The minimum absolute atomic E-state index is 0.0406. The van der Waals surface area contributed by atoms with Crippen molar-refractivity contribution in [3.8, 4) is 0 Å². The van der Waals surface area contributed by atoms with Crippen molar-refractivity contribution in [1.82, 2.24) is 4.31 Å². The Labute approximate surface area is 97.9 Å². The average Bonchev–Trinajstić information content (AvgIpc) is 2.15. The first-order valence-electron chi connectivity index (χ1n) is 4.47. The summed E-state index contributed by atoms with van der Waals surface area (Å²) in [6.07, 6.45) is 0. The van der Waals surface area contributed by atoms with E-state index in [0.717, 1.165) is 16.4 Å². The molecule has 0 unspecified atom stereocenters. The van der Waals surface area contributed by atoms with Crippen molar-refractivity contribution in [2.75, 3.05) is 18.8 Å². The molecule has 0 aliphatic carbocycles. The fourth-order valence-corrected chi connectivity index (χ4v) is 1.60. The Kier molecular flexibility index (Phi) is 3.69. The molecule has 0 saturated carbocycles. The summed E-state index contributed by atoms with van der Waals surface area (Å²) in [6, 6.07) is 2.98. The van der Waals surface area contributed by atoms with E-state index in [9.17, 15) is 17.6 Å². The van der Waals surface area contributed by atoms with Gasteiger partial charge >= 0.3 is 16.2 Å². The Morgan fingerprint density at radius 1 is 1.41 bits per heavy atom. The van der Waals surface area contributed by atoms with Crippen LogP contribution >= 0.6 is 0 Å². The highest BCUT2D eigenvalue weighted by Gasteiger charge is 2.15. The lowest BCUT2D eigenvalue weighted by atomic mass is 10.2. The fourth-order valence-electron chi connectivity index (χ4n) is 0.992. The molecule has 0 bridgehead atoms. The van der Waals surface area contributed by atoms with Crippen molar-refractivity contribution < 1.29 is 22.7 Å². The van der Waals surface area contributed by atoms with Crippen LogP contribution in [-0.2, 0) is 10.2 Å². The molecule has 17 heavy (non-hydrogen) atoms. The van der Waals surface area contributed by atoms with Crippen LogP contribution in [0.3, 0.4) is 0 Å². The van der Waals surface area contributed by atoms with Gasteiger partial charge in [-0.1, -0.05) is 0 Å². The van der Waals surface area contributed by atoms with E-state index in [1.165, 1.54) is 20.2 Å². The topological polar surface area (TPSA) is 86.7 Å². The molecule has 0 saturated heterocycles. The maximum atomic E-state index is 13.2. The van der Waals surface area contributed by atoms with Gasteiger partial charge in [-0.3, -0.25) is 4.72 Å². The predicted molar refractivity (Wildman–Crippen MR) is 59.6 cm³/mol. The van der Waals surface area contributed by atoms with Crippen LogP contribution in [0.5, 0.6) is 0 Å². The van der Waals surface area contributed by atoms with Gasteiger partial charge < -0.3 is 5.11 Å². The van der Waals surface area contributed by atoms with Gasteiger partial charge in [-0.2, -0.15) is 12.7 Å². The maximum Gasteiger partial charge on any atom is 0.338 e. The summed E-state index contributed by atoms with van der Waals surface area (Å²) < 4.78 is 39.1. The number of anilines is 1. The van der Waals surface area contributed by atoms with Crippen LogP contribution in [0.4, 0.5) is 10.1 Å². The Balaban J connectivity index is 3.04. The number of nitrogens with zero attached hydrogens (tertiary/aromatic N) is 1. The number of benzene rings is 1. The number of hydrogen-bond acceptors (Lipinski definition) is 3. The summed E-state index contributed by atoms with van der Waals surface area (Å²) >= 11 is 0. The van der Waals surface area contributed by atoms with Crippen LogP contribution in [0, 0.1) is 5.82 Å². The first-order valence-corrected chi connectivity index (χ1v) is 5.91. The van der Waals surface area contributed by atoms with Crippen LogP contribution in [-0.4, -0.2) is 37.9 Å². The largest absolute Gasteiger partial charge is 0.478 e. The van der Waals surface area contributed by atoms with Crippen LogP contribution in [0.2, 0.25) is 0 Å². The second-order valence-electron chi connectivity index (χ2n) is 3.39. The Bertz CT molecular complexity index is 542. The smallest absolute Gasteiger partial charge is 0.338 e. The van der Waals surface area contributed by atoms with Crippen molar-refractivity contribution in [2.24, 2.45) is 0 Å².